The number of benzene rings is 2. The van der Waals surface area contributed by atoms with Crippen molar-refractivity contribution in [1.82, 2.24) is 5.32 Å². The zero-order valence-electron chi connectivity index (χ0n) is 14.0. The van der Waals surface area contributed by atoms with Crippen molar-refractivity contribution in [2.24, 2.45) is 0 Å². The summed E-state index contributed by atoms with van der Waals surface area (Å²) in [6.07, 6.45) is 1.65. The molecule has 0 unspecified atom stereocenters. The fourth-order valence-corrected chi connectivity index (χ4v) is 2.31. The topological polar surface area (TPSA) is 59.6 Å². The summed E-state index contributed by atoms with van der Waals surface area (Å²) in [5.41, 5.74) is 1.08. The summed E-state index contributed by atoms with van der Waals surface area (Å²) in [6.45, 7) is 6.33. The molecule has 0 fully saturated rings. The van der Waals surface area contributed by atoms with Gasteiger partial charge in [0.25, 0.3) is 5.91 Å². The van der Waals surface area contributed by atoms with E-state index in [1.807, 2.05) is 31.2 Å². The van der Waals surface area contributed by atoms with Crippen molar-refractivity contribution in [3.05, 3.63) is 66.7 Å². The third-order valence-electron chi connectivity index (χ3n) is 3.15. The molecule has 5 nitrogen and oxygen atoms in total. The standard InChI is InChI=1S/C19H20N2O3S/c1-3-13-24-17-12-8-6-10-15(17)20-19(25)21-18(22)14-9-5-7-11-16(14)23-4-2/h3,5-12H,1,4,13H2,2H3,(H2,20,21,22,25). The van der Waals surface area contributed by atoms with Crippen molar-refractivity contribution in [2.45, 2.75) is 6.92 Å². The molecule has 2 aromatic carbocycles. The van der Waals surface area contributed by atoms with Crippen LogP contribution in [0.1, 0.15) is 17.3 Å². The van der Waals surface area contributed by atoms with Crippen molar-refractivity contribution in [2.75, 3.05) is 18.5 Å². The monoisotopic (exact) mass is 356 g/mol. The fourth-order valence-electron chi connectivity index (χ4n) is 2.10. The fraction of sp³-hybridized carbons (Fsp3) is 0.158. The first kappa shape index (κ1) is 18.5. The lowest BCUT2D eigenvalue weighted by molar-refractivity contribution is 0.0974. The Kier molecular flexibility index (Phi) is 6.98. The van der Waals surface area contributed by atoms with E-state index in [0.29, 0.717) is 36.0 Å². The van der Waals surface area contributed by atoms with Crippen LogP contribution in [-0.4, -0.2) is 24.2 Å². The van der Waals surface area contributed by atoms with Gasteiger partial charge in [0.15, 0.2) is 5.11 Å². The number of thiocarbonyl (C=S) groups is 1. The Morgan fingerprint density at radius 3 is 2.52 bits per heavy atom. The first-order valence-corrected chi connectivity index (χ1v) is 8.23. The van der Waals surface area contributed by atoms with Gasteiger partial charge in [-0.05, 0) is 43.4 Å². The smallest absolute Gasteiger partial charge is 0.261 e. The van der Waals surface area contributed by atoms with Gasteiger partial charge in [-0.3, -0.25) is 10.1 Å². The van der Waals surface area contributed by atoms with Gasteiger partial charge in [-0.25, -0.2) is 0 Å². The van der Waals surface area contributed by atoms with Gasteiger partial charge in [0.2, 0.25) is 0 Å². The van der Waals surface area contributed by atoms with Crippen LogP contribution in [0.2, 0.25) is 0 Å². The summed E-state index contributed by atoms with van der Waals surface area (Å²) < 4.78 is 11.0. The van der Waals surface area contributed by atoms with E-state index in [1.165, 1.54) is 0 Å². The van der Waals surface area contributed by atoms with Crippen LogP contribution in [0.5, 0.6) is 11.5 Å². The van der Waals surface area contributed by atoms with E-state index in [2.05, 4.69) is 17.2 Å². The molecule has 0 aliphatic heterocycles. The highest BCUT2D eigenvalue weighted by molar-refractivity contribution is 7.80. The Bertz CT molecular complexity index is 762. The SMILES string of the molecule is C=CCOc1ccccc1NC(=S)NC(=O)c1ccccc1OCC. The summed E-state index contributed by atoms with van der Waals surface area (Å²) in [5.74, 6) is 0.791. The number of hydrogen-bond donors (Lipinski definition) is 2. The van der Waals surface area contributed by atoms with Gasteiger partial charge in [-0.2, -0.15) is 0 Å². The number of carbonyl (C=O) groups excluding carboxylic acids is 1. The molecule has 0 bridgehead atoms. The predicted molar refractivity (Wildman–Crippen MR) is 103 cm³/mol. The van der Waals surface area contributed by atoms with Crippen LogP contribution in [-0.2, 0) is 0 Å². The maximum absolute atomic E-state index is 12.4. The first-order valence-electron chi connectivity index (χ1n) is 7.82. The van der Waals surface area contributed by atoms with Crippen molar-refractivity contribution in [3.8, 4) is 11.5 Å². The van der Waals surface area contributed by atoms with Gasteiger partial charge in [0.1, 0.15) is 18.1 Å². The van der Waals surface area contributed by atoms with E-state index in [-0.39, 0.29) is 11.0 Å². The molecule has 0 aliphatic carbocycles. The van der Waals surface area contributed by atoms with Gasteiger partial charge in [-0.1, -0.05) is 36.9 Å². The van der Waals surface area contributed by atoms with Gasteiger partial charge < -0.3 is 14.8 Å². The normalized spacial score (nSPS) is 9.80. The quantitative estimate of drug-likeness (QED) is 0.584. The number of anilines is 1. The average molecular weight is 356 g/mol. The van der Waals surface area contributed by atoms with E-state index in [9.17, 15) is 4.79 Å². The zero-order valence-corrected chi connectivity index (χ0v) is 14.8. The van der Waals surface area contributed by atoms with Crippen molar-refractivity contribution >= 4 is 28.9 Å². The highest BCUT2D eigenvalue weighted by Crippen LogP contribution is 2.24. The summed E-state index contributed by atoms with van der Waals surface area (Å²) in [4.78, 5) is 12.4. The van der Waals surface area contributed by atoms with E-state index in [1.54, 1.807) is 30.3 Å². The second kappa shape index (κ2) is 9.44. The number of amides is 1. The number of para-hydroxylation sites is 3. The molecule has 0 atom stereocenters. The van der Waals surface area contributed by atoms with Crippen LogP contribution in [0, 0.1) is 0 Å². The van der Waals surface area contributed by atoms with Crippen molar-refractivity contribution < 1.29 is 14.3 Å². The minimum atomic E-state index is -0.342. The van der Waals surface area contributed by atoms with E-state index < -0.39 is 0 Å². The number of carbonyl (C=O) groups is 1. The number of ether oxygens (including phenoxy) is 2. The lowest BCUT2D eigenvalue weighted by Crippen LogP contribution is -2.34. The molecule has 0 aliphatic rings. The third-order valence-corrected chi connectivity index (χ3v) is 3.35. The van der Waals surface area contributed by atoms with Gasteiger partial charge in [0, 0.05) is 0 Å². The second-order valence-corrected chi connectivity index (χ2v) is 5.34. The second-order valence-electron chi connectivity index (χ2n) is 4.93. The average Bonchev–Trinajstić information content (AvgIpc) is 2.61. The van der Waals surface area contributed by atoms with Crippen LogP contribution >= 0.6 is 12.2 Å². The zero-order chi connectivity index (χ0) is 18.1. The molecular weight excluding hydrogens is 336 g/mol. The Labute approximate surface area is 152 Å². The molecule has 130 valence electrons. The summed E-state index contributed by atoms with van der Waals surface area (Å²) in [5, 5.41) is 5.80. The number of nitrogens with one attached hydrogen (secondary N) is 2. The molecule has 1 amide bonds. The lowest BCUT2D eigenvalue weighted by Gasteiger charge is -2.14. The molecule has 2 N–H and O–H groups in total. The Hall–Kier alpha value is -2.86. The van der Waals surface area contributed by atoms with Crippen molar-refractivity contribution in [1.29, 1.82) is 0 Å². The van der Waals surface area contributed by atoms with Crippen molar-refractivity contribution in [3.63, 3.8) is 0 Å². The number of rotatable bonds is 7. The Morgan fingerprint density at radius 1 is 1.12 bits per heavy atom. The Morgan fingerprint density at radius 2 is 1.80 bits per heavy atom. The maximum Gasteiger partial charge on any atom is 0.261 e. The third kappa shape index (κ3) is 5.32. The lowest BCUT2D eigenvalue weighted by atomic mass is 10.2. The van der Waals surface area contributed by atoms with E-state index in [4.69, 9.17) is 21.7 Å². The summed E-state index contributed by atoms with van der Waals surface area (Å²) in [6, 6.07) is 14.3. The van der Waals surface area contributed by atoms with Gasteiger partial charge in [-0.15, -0.1) is 0 Å². The predicted octanol–water partition coefficient (Wildman–Crippen LogP) is 3.78. The Balaban J connectivity index is 2.06. The molecule has 6 heteroatoms. The van der Waals surface area contributed by atoms with Crippen LogP contribution in [0.25, 0.3) is 0 Å². The molecule has 2 aromatic rings. The van der Waals surface area contributed by atoms with Gasteiger partial charge >= 0.3 is 0 Å². The molecule has 0 heterocycles. The minimum Gasteiger partial charge on any atom is -0.493 e. The minimum absolute atomic E-state index is 0.172. The molecule has 2 rings (SSSR count). The van der Waals surface area contributed by atoms with Crippen LogP contribution < -0.4 is 20.1 Å². The summed E-state index contributed by atoms with van der Waals surface area (Å²) in [7, 11) is 0. The first-order chi connectivity index (χ1) is 12.2. The molecule has 0 spiro atoms. The highest BCUT2D eigenvalue weighted by atomic mass is 32.1. The number of hydrogen-bond acceptors (Lipinski definition) is 4. The largest absolute Gasteiger partial charge is 0.493 e. The van der Waals surface area contributed by atoms with Crippen LogP contribution in [0.15, 0.2) is 61.2 Å². The van der Waals surface area contributed by atoms with E-state index in [0.717, 1.165) is 0 Å². The highest BCUT2D eigenvalue weighted by Gasteiger charge is 2.14. The molecule has 25 heavy (non-hydrogen) atoms. The maximum atomic E-state index is 12.4. The van der Waals surface area contributed by atoms with Crippen LogP contribution in [0.4, 0.5) is 5.69 Å². The molecule has 0 aromatic heterocycles. The molecule has 0 saturated carbocycles. The van der Waals surface area contributed by atoms with E-state index >= 15 is 0 Å². The summed E-state index contributed by atoms with van der Waals surface area (Å²) >= 11 is 5.23. The van der Waals surface area contributed by atoms with Crippen LogP contribution in [0.3, 0.4) is 0 Å². The molecule has 0 radical (unpaired) electrons. The van der Waals surface area contributed by atoms with Gasteiger partial charge in [0.05, 0.1) is 17.9 Å². The molecular formula is C19H20N2O3S. The molecule has 0 saturated heterocycles.